The minimum atomic E-state index is -1.16. The quantitative estimate of drug-likeness (QED) is 0.934. The summed E-state index contributed by atoms with van der Waals surface area (Å²) >= 11 is 12.0. The Morgan fingerprint density at radius 2 is 1.89 bits per heavy atom. The number of benzene rings is 2. The lowest BCUT2D eigenvalue weighted by Crippen LogP contribution is -2.00. The SMILES string of the molecule is NCc1ccc(CS(=O)c2cccc(Cl)c2)c(Cl)c1. The fraction of sp³-hybridized carbons (Fsp3) is 0.143. The third kappa shape index (κ3) is 3.80. The van der Waals surface area contributed by atoms with E-state index in [4.69, 9.17) is 28.9 Å². The molecule has 0 aliphatic carbocycles. The maximum atomic E-state index is 12.2. The van der Waals surface area contributed by atoms with Crippen LogP contribution in [0.1, 0.15) is 11.1 Å². The van der Waals surface area contributed by atoms with E-state index < -0.39 is 10.8 Å². The monoisotopic (exact) mass is 313 g/mol. The highest BCUT2D eigenvalue weighted by molar-refractivity contribution is 7.84. The highest BCUT2D eigenvalue weighted by Gasteiger charge is 2.09. The van der Waals surface area contributed by atoms with Gasteiger partial charge < -0.3 is 5.73 Å². The standard InChI is InChI=1S/C14H13Cl2NOS/c15-12-2-1-3-13(7-12)19(18)9-11-5-4-10(8-17)6-14(11)16/h1-7H,8-9,17H2. The number of halogens is 2. The molecule has 0 bridgehead atoms. The maximum Gasteiger partial charge on any atom is 0.0575 e. The van der Waals surface area contributed by atoms with Crippen LogP contribution in [0.4, 0.5) is 0 Å². The second-order valence-corrected chi connectivity index (χ2v) is 6.37. The predicted molar refractivity (Wildman–Crippen MR) is 80.9 cm³/mol. The average Bonchev–Trinajstić information content (AvgIpc) is 2.41. The van der Waals surface area contributed by atoms with Gasteiger partial charge in [-0.25, -0.2) is 0 Å². The third-order valence-electron chi connectivity index (χ3n) is 2.70. The molecule has 2 rings (SSSR count). The minimum Gasteiger partial charge on any atom is -0.326 e. The van der Waals surface area contributed by atoms with E-state index in [2.05, 4.69) is 0 Å². The van der Waals surface area contributed by atoms with Gasteiger partial charge in [-0.2, -0.15) is 0 Å². The second-order valence-electron chi connectivity index (χ2n) is 4.08. The summed E-state index contributed by atoms with van der Waals surface area (Å²) < 4.78 is 12.2. The van der Waals surface area contributed by atoms with Gasteiger partial charge in [0.15, 0.2) is 0 Å². The first-order valence-corrected chi connectivity index (χ1v) is 7.79. The molecular formula is C14H13Cl2NOS. The highest BCUT2D eigenvalue weighted by Crippen LogP contribution is 2.22. The zero-order valence-electron chi connectivity index (χ0n) is 10.1. The molecule has 0 radical (unpaired) electrons. The van der Waals surface area contributed by atoms with Crippen LogP contribution in [-0.2, 0) is 23.1 Å². The zero-order chi connectivity index (χ0) is 13.8. The van der Waals surface area contributed by atoms with Crippen molar-refractivity contribution in [2.75, 3.05) is 0 Å². The first-order valence-electron chi connectivity index (χ1n) is 5.71. The number of hydrogen-bond donors (Lipinski definition) is 1. The average molecular weight is 314 g/mol. The Morgan fingerprint density at radius 3 is 2.53 bits per heavy atom. The van der Waals surface area contributed by atoms with Gasteiger partial charge in [-0.3, -0.25) is 4.21 Å². The summed E-state index contributed by atoms with van der Waals surface area (Å²) in [5.41, 5.74) is 7.35. The molecule has 0 aromatic heterocycles. The van der Waals surface area contributed by atoms with Crippen LogP contribution in [0, 0.1) is 0 Å². The van der Waals surface area contributed by atoms with Gasteiger partial charge in [-0.15, -0.1) is 0 Å². The molecule has 5 heteroatoms. The molecule has 19 heavy (non-hydrogen) atoms. The topological polar surface area (TPSA) is 43.1 Å². The van der Waals surface area contributed by atoms with Crippen molar-refractivity contribution in [3.8, 4) is 0 Å². The van der Waals surface area contributed by atoms with Crippen molar-refractivity contribution in [2.45, 2.75) is 17.2 Å². The Hall–Kier alpha value is -0.870. The van der Waals surface area contributed by atoms with Gasteiger partial charge in [0.25, 0.3) is 0 Å². The lowest BCUT2D eigenvalue weighted by atomic mass is 10.1. The van der Waals surface area contributed by atoms with Crippen LogP contribution in [-0.4, -0.2) is 4.21 Å². The molecule has 0 aliphatic rings. The van der Waals surface area contributed by atoms with Crippen molar-refractivity contribution in [2.24, 2.45) is 5.73 Å². The van der Waals surface area contributed by atoms with Gasteiger partial charge in [0, 0.05) is 21.5 Å². The van der Waals surface area contributed by atoms with Crippen molar-refractivity contribution in [1.29, 1.82) is 0 Å². The third-order valence-corrected chi connectivity index (χ3v) is 4.64. The van der Waals surface area contributed by atoms with E-state index in [0.717, 1.165) is 11.1 Å². The lowest BCUT2D eigenvalue weighted by Gasteiger charge is -2.07. The van der Waals surface area contributed by atoms with Crippen LogP contribution in [0.3, 0.4) is 0 Å². The first-order chi connectivity index (χ1) is 9.10. The number of hydrogen-bond acceptors (Lipinski definition) is 2. The zero-order valence-corrected chi connectivity index (χ0v) is 12.4. The molecule has 1 unspecified atom stereocenters. The van der Waals surface area contributed by atoms with E-state index in [1.807, 2.05) is 18.2 Å². The summed E-state index contributed by atoms with van der Waals surface area (Å²) in [6.45, 7) is 0.442. The summed E-state index contributed by atoms with van der Waals surface area (Å²) in [5, 5.41) is 1.17. The normalized spacial score (nSPS) is 12.4. The van der Waals surface area contributed by atoms with E-state index >= 15 is 0 Å². The molecule has 2 aromatic carbocycles. The molecule has 2 aromatic rings. The van der Waals surface area contributed by atoms with Crippen molar-refractivity contribution < 1.29 is 4.21 Å². The lowest BCUT2D eigenvalue weighted by molar-refractivity contribution is 0.682. The summed E-state index contributed by atoms with van der Waals surface area (Å²) in [5.74, 6) is 0.365. The fourth-order valence-electron chi connectivity index (χ4n) is 1.67. The molecular weight excluding hydrogens is 301 g/mol. The minimum absolute atomic E-state index is 0.365. The summed E-state index contributed by atoms with van der Waals surface area (Å²) in [7, 11) is -1.16. The molecule has 1 atom stereocenters. The molecule has 0 aliphatic heterocycles. The van der Waals surface area contributed by atoms with Crippen molar-refractivity contribution in [3.63, 3.8) is 0 Å². The van der Waals surface area contributed by atoms with E-state index in [9.17, 15) is 4.21 Å². The van der Waals surface area contributed by atoms with Gasteiger partial charge in [0.1, 0.15) is 0 Å². The fourth-order valence-corrected chi connectivity index (χ4v) is 3.46. The number of rotatable bonds is 4. The predicted octanol–water partition coefficient (Wildman–Crippen LogP) is 3.76. The van der Waals surface area contributed by atoms with Gasteiger partial charge in [-0.1, -0.05) is 41.4 Å². The second kappa shape index (κ2) is 6.53. The van der Waals surface area contributed by atoms with Crippen molar-refractivity contribution in [1.82, 2.24) is 0 Å². The van der Waals surface area contributed by atoms with E-state index in [1.54, 1.807) is 24.3 Å². The van der Waals surface area contributed by atoms with Crippen molar-refractivity contribution in [3.05, 3.63) is 63.6 Å². The smallest absolute Gasteiger partial charge is 0.0575 e. The highest BCUT2D eigenvalue weighted by atomic mass is 35.5. The Balaban J connectivity index is 2.19. The first kappa shape index (κ1) is 14.5. The van der Waals surface area contributed by atoms with E-state index in [1.165, 1.54) is 0 Å². The Labute approximate surface area is 125 Å². The summed E-state index contributed by atoms with van der Waals surface area (Å²) in [6, 6.07) is 12.6. The van der Waals surface area contributed by atoms with Gasteiger partial charge >= 0.3 is 0 Å². The molecule has 0 saturated carbocycles. The summed E-state index contributed by atoms with van der Waals surface area (Å²) in [4.78, 5) is 0.700. The molecule has 0 saturated heterocycles. The van der Waals surface area contributed by atoms with E-state index in [-0.39, 0.29) is 0 Å². The molecule has 2 nitrogen and oxygen atoms in total. The van der Waals surface area contributed by atoms with E-state index in [0.29, 0.717) is 27.2 Å². The Kier molecular flexibility index (Phi) is 4.99. The van der Waals surface area contributed by atoms with Crippen LogP contribution in [0.25, 0.3) is 0 Å². The van der Waals surface area contributed by atoms with Gasteiger partial charge in [0.05, 0.1) is 16.6 Å². The van der Waals surface area contributed by atoms with Crippen LogP contribution in [0.2, 0.25) is 10.0 Å². The maximum absolute atomic E-state index is 12.2. The number of nitrogens with two attached hydrogens (primary N) is 1. The molecule has 100 valence electrons. The van der Waals surface area contributed by atoms with Crippen LogP contribution >= 0.6 is 23.2 Å². The van der Waals surface area contributed by atoms with Crippen molar-refractivity contribution >= 4 is 34.0 Å². The molecule has 2 N–H and O–H groups in total. The summed E-state index contributed by atoms with van der Waals surface area (Å²) in [6.07, 6.45) is 0. The Morgan fingerprint density at radius 1 is 1.11 bits per heavy atom. The Bertz CT molecular complexity index is 616. The molecule has 0 heterocycles. The molecule has 0 fully saturated rings. The van der Waals surface area contributed by atoms with Crippen LogP contribution < -0.4 is 5.73 Å². The largest absolute Gasteiger partial charge is 0.326 e. The van der Waals surface area contributed by atoms with Crippen LogP contribution in [0.5, 0.6) is 0 Å². The van der Waals surface area contributed by atoms with Crippen LogP contribution in [0.15, 0.2) is 47.4 Å². The molecule has 0 spiro atoms. The van der Waals surface area contributed by atoms with Gasteiger partial charge in [-0.05, 0) is 35.4 Å². The molecule has 0 amide bonds. The van der Waals surface area contributed by atoms with Gasteiger partial charge in [0.2, 0.25) is 0 Å².